The molecule has 27 heavy (non-hydrogen) atoms. The molecule has 0 bridgehead atoms. The first kappa shape index (κ1) is 15.9. The Balaban J connectivity index is 1.34. The van der Waals surface area contributed by atoms with Gasteiger partial charge in [0.2, 0.25) is 6.79 Å². The minimum atomic E-state index is 0.277. The van der Waals surface area contributed by atoms with E-state index in [1.807, 2.05) is 24.3 Å². The lowest BCUT2D eigenvalue weighted by atomic mass is 10.0. The summed E-state index contributed by atoms with van der Waals surface area (Å²) in [4.78, 5) is 4.71. The van der Waals surface area contributed by atoms with Gasteiger partial charge in [0.1, 0.15) is 0 Å². The van der Waals surface area contributed by atoms with Crippen LogP contribution in [-0.4, -0.2) is 11.8 Å². The monoisotopic (exact) mass is 372 g/mol. The van der Waals surface area contributed by atoms with Crippen LogP contribution in [0.2, 0.25) is 0 Å². The van der Waals surface area contributed by atoms with Gasteiger partial charge in [-0.05, 0) is 23.3 Å². The number of hydrogen-bond donors (Lipinski definition) is 1. The summed E-state index contributed by atoms with van der Waals surface area (Å²) in [6.45, 7) is 0.277. The van der Waals surface area contributed by atoms with Gasteiger partial charge < -0.3 is 14.8 Å². The predicted octanol–water partition coefficient (Wildman–Crippen LogP) is 5.95. The Bertz CT molecular complexity index is 1080. The molecular formula is C22H16N2O2S. The second-order valence-corrected chi connectivity index (χ2v) is 7.03. The summed E-state index contributed by atoms with van der Waals surface area (Å²) in [6, 6.07) is 24.7. The average Bonchev–Trinajstić information content (AvgIpc) is 3.38. The molecule has 1 aromatic heterocycles. The van der Waals surface area contributed by atoms with Crippen molar-refractivity contribution in [3.8, 4) is 33.9 Å². The number of thiazole rings is 1. The number of nitrogens with one attached hydrogen (secondary N) is 1. The molecule has 5 rings (SSSR count). The average molecular weight is 372 g/mol. The molecule has 5 heteroatoms. The highest BCUT2D eigenvalue weighted by Crippen LogP contribution is 2.36. The molecule has 3 aromatic carbocycles. The molecule has 0 spiro atoms. The van der Waals surface area contributed by atoms with Gasteiger partial charge >= 0.3 is 0 Å². The first-order chi connectivity index (χ1) is 13.3. The van der Waals surface area contributed by atoms with Crippen LogP contribution in [0.5, 0.6) is 11.5 Å². The number of ether oxygens (including phenoxy) is 2. The van der Waals surface area contributed by atoms with E-state index >= 15 is 0 Å². The quantitative estimate of drug-likeness (QED) is 0.481. The molecule has 1 aliphatic rings. The van der Waals surface area contributed by atoms with Gasteiger partial charge in [-0.15, -0.1) is 11.3 Å². The van der Waals surface area contributed by atoms with E-state index < -0.39 is 0 Å². The maximum atomic E-state index is 5.42. The van der Waals surface area contributed by atoms with Crippen molar-refractivity contribution in [2.75, 3.05) is 12.1 Å². The number of hydrogen-bond acceptors (Lipinski definition) is 5. The molecule has 0 unspecified atom stereocenters. The van der Waals surface area contributed by atoms with Gasteiger partial charge in [0.25, 0.3) is 0 Å². The van der Waals surface area contributed by atoms with E-state index in [-0.39, 0.29) is 6.79 Å². The fourth-order valence-electron chi connectivity index (χ4n) is 3.03. The van der Waals surface area contributed by atoms with Crippen LogP contribution in [0.25, 0.3) is 22.4 Å². The number of rotatable bonds is 4. The molecule has 2 heterocycles. The van der Waals surface area contributed by atoms with Crippen LogP contribution in [0, 0.1) is 0 Å². The highest BCUT2D eigenvalue weighted by molar-refractivity contribution is 7.14. The topological polar surface area (TPSA) is 43.4 Å². The van der Waals surface area contributed by atoms with Gasteiger partial charge in [-0.1, -0.05) is 54.6 Å². The van der Waals surface area contributed by atoms with Crippen LogP contribution in [0.3, 0.4) is 0 Å². The smallest absolute Gasteiger partial charge is 0.231 e. The summed E-state index contributed by atoms with van der Waals surface area (Å²) < 4.78 is 10.8. The summed E-state index contributed by atoms with van der Waals surface area (Å²) in [5.41, 5.74) is 5.41. The Morgan fingerprint density at radius 1 is 0.778 bits per heavy atom. The van der Waals surface area contributed by atoms with Crippen molar-refractivity contribution in [3.05, 3.63) is 78.2 Å². The van der Waals surface area contributed by atoms with Crippen molar-refractivity contribution >= 4 is 22.2 Å². The number of aromatic nitrogens is 1. The minimum Gasteiger partial charge on any atom is -0.454 e. The fourth-order valence-corrected chi connectivity index (χ4v) is 3.77. The molecule has 4 aromatic rings. The van der Waals surface area contributed by atoms with Crippen molar-refractivity contribution in [3.63, 3.8) is 0 Å². The van der Waals surface area contributed by atoms with E-state index in [4.69, 9.17) is 14.5 Å². The Hall–Kier alpha value is -3.31. The molecule has 0 saturated carbocycles. The maximum absolute atomic E-state index is 5.42. The molecule has 0 atom stereocenters. The Labute approximate surface area is 161 Å². The highest BCUT2D eigenvalue weighted by atomic mass is 32.1. The van der Waals surface area contributed by atoms with Crippen molar-refractivity contribution in [2.24, 2.45) is 0 Å². The third-order valence-corrected chi connectivity index (χ3v) is 5.17. The normalized spacial score (nSPS) is 12.1. The largest absolute Gasteiger partial charge is 0.454 e. The lowest BCUT2D eigenvalue weighted by molar-refractivity contribution is 0.174. The SMILES string of the molecule is c1ccc(-c2ccc(-c3csc(Nc4ccc5c(c4)OCO5)n3)cc2)cc1. The fraction of sp³-hybridized carbons (Fsp3) is 0.0455. The van der Waals surface area contributed by atoms with Crippen LogP contribution in [0.15, 0.2) is 78.2 Å². The van der Waals surface area contributed by atoms with Gasteiger partial charge in [-0.25, -0.2) is 4.98 Å². The first-order valence-electron chi connectivity index (χ1n) is 8.63. The minimum absolute atomic E-state index is 0.277. The van der Waals surface area contributed by atoms with Crippen molar-refractivity contribution in [2.45, 2.75) is 0 Å². The highest BCUT2D eigenvalue weighted by Gasteiger charge is 2.14. The molecule has 0 fully saturated rings. The molecule has 1 N–H and O–H groups in total. The number of fused-ring (bicyclic) bond motifs is 1. The summed E-state index contributed by atoms with van der Waals surface area (Å²) in [5, 5.41) is 6.24. The Kier molecular flexibility index (Phi) is 3.99. The predicted molar refractivity (Wildman–Crippen MR) is 109 cm³/mol. The van der Waals surface area contributed by atoms with E-state index in [2.05, 4.69) is 59.2 Å². The van der Waals surface area contributed by atoms with Gasteiger partial charge in [0.05, 0.1) is 5.69 Å². The van der Waals surface area contributed by atoms with Crippen LogP contribution in [0.1, 0.15) is 0 Å². The molecule has 1 aliphatic heterocycles. The van der Waals surface area contributed by atoms with E-state index in [0.717, 1.165) is 33.6 Å². The zero-order valence-electron chi connectivity index (χ0n) is 14.4. The zero-order chi connectivity index (χ0) is 18.1. The van der Waals surface area contributed by atoms with Crippen LogP contribution in [-0.2, 0) is 0 Å². The van der Waals surface area contributed by atoms with Crippen molar-refractivity contribution in [1.29, 1.82) is 0 Å². The Morgan fingerprint density at radius 3 is 2.37 bits per heavy atom. The third kappa shape index (κ3) is 3.25. The van der Waals surface area contributed by atoms with E-state index in [1.165, 1.54) is 11.1 Å². The van der Waals surface area contributed by atoms with Crippen molar-refractivity contribution in [1.82, 2.24) is 4.98 Å². The molecule has 4 nitrogen and oxygen atoms in total. The molecule has 0 saturated heterocycles. The number of benzene rings is 3. The van der Waals surface area contributed by atoms with E-state index in [0.29, 0.717) is 0 Å². The van der Waals surface area contributed by atoms with Crippen molar-refractivity contribution < 1.29 is 9.47 Å². The lowest BCUT2D eigenvalue weighted by Gasteiger charge is -2.04. The molecule has 0 radical (unpaired) electrons. The van der Waals surface area contributed by atoms with E-state index in [1.54, 1.807) is 11.3 Å². The Morgan fingerprint density at radius 2 is 1.52 bits per heavy atom. The van der Waals surface area contributed by atoms with Gasteiger partial charge in [-0.2, -0.15) is 0 Å². The summed E-state index contributed by atoms with van der Waals surface area (Å²) >= 11 is 1.58. The van der Waals surface area contributed by atoms with E-state index in [9.17, 15) is 0 Å². The first-order valence-corrected chi connectivity index (χ1v) is 9.51. The van der Waals surface area contributed by atoms with Gasteiger partial charge in [-0.3, -0.25) is 0 Å². The number of anilines is 2. The maximum Gasteiger partial charge on any atom is 0.231 e. The second kappa shape index (κ2) is 6.78. The molecule has 132 valence electrons. The standard InChI is InChI=1S/C22H16N2O2S/c1-2-4-15(5-3-1)16-6-8-17(9-7-16)19-13-27-22(24-19)23-18-10-11-20-21(12-18)26-14-25-20/h1-13H,14H2,(H,23,24). The van der Waals surface area contributed by atoms with Gasteiger partial charge in [0, 0.05) is 22.7 Å². The van der Waals surface area contributed by atoms with Gasteiger partial charge in [0.15, 0.2) is 16.6 Å². The second-order valence-electron chi connectivity index (χ2n) is 6.17. The third-order valence-electron chi connectivity index (χ3n) is 4.42. The molecule has 0 aliphatic carbocycles. The van der Waals surface area contributed by atoms with Crippen LogP contribution >= 0.6 is 11.3 Å². The number of nitrogens with zero attached hydrogens (tertiary/aromatic N) is 1. The zero-order valence-corrected chi connectivity index (χ0v) is 15.2. The van der Waals surface area contributed by atoms with Crippen LogP contribution in [0.4, 0.5) is 10.8 Å². The molecule has 0 amide bonds. The molecular weight excluding hydrogens is 356 g/mol. The van der Waals surface area contributed by atoms with Crippen LogP contribution < -0.4 is 14.8 Å². The lowest BCUT2D eigenvalue weighted by Crippen LogP contribution is -1.93. The summed E-state index contributed by atoms with van der Waals surface area (Å²) in [5.74, 6) is 1.53. The summed E-state index contributed by atoms with van der Waals surface area (Å²) in [6.07, 6.45) is 0. The summed E-state index contributed by atoms with van der Waals surface area (Å²) in [7, 11) is 0.